The molecule has 2 aromatic carbocycles. The first kappa shape index (κ1) is 17.6. The molecule has 1 aliphatic rings. The third kappa shape index (κ3) is 3.43. The Morgan fingerprint density at radius 2 is 1.70 bits per heavy atom. The normalized spacial score (nSPS) is 20.2. The Labute approximate surface area is 162 Å². The number of benzene rings is 2. The molecule has 0 spiro atoms. The number of rotatable bonds is 3. The standard InChI is InChI=1S/C20H21N5OS/c21-19(26)25(17-10-5-2-6-11-17)14-7-12-24(13-15-25)20-22-18(23-27-20)16-8-3-1-4-9-16/h1-6,8-11H,7,12-15H2,(H-,21,26)/p+1. The molecule has 1 unspecified atom stereocenters. The second-order valence-electron chi connectivity index (χ2n) is 6.70. The summed E-state index contributed by atoms with van der Waals surface area (Å²) in [5.74, 6) is 0.749. The highest BCUT2D eigenvalue weighted by molar-refractivity contribution is 7.09. The highest BCUT2D eigenvalue weighted by atomic mass is 32.1. The van der Waals surface area contributed by atoms with Crippen LogP contribution >= 0.6 is 11.5 Å². The zero-order valence-corrected chi connectivity index (χ0v) is 15.8. The van der Waals surface area contributed by atoms with E-state index in [1.807, 2.05) is 60.7 Å². The van der Waals surface area contributed by atoms with Crippen LogP contribution in [0.25, 0.3) is 11.4 Å². The van der Waals surface area contributed by atoms with E-state index in [0.717, 1.165) is 35.2 Å². The van der Waals surface area contributed by atoms with Crippen LogP contribution in [0.4, 0.5) is 15.6 Å². The molecule has 6 nitrogen and oxygen atoms in total. The maximum Gasteiger partial charge on any atom is 0.419 e. The molecule has 3 aromatic rings. The molecule has 2 amide bonds. The SMILES string of the molecule is NC(=O)[N+]1(c2ccccc2)CCCN(c2nc(-c3ccccc3)ns2)CC1. The first-order valence-electron chi connectivity index (χ1n) is 9.06. The number of carbonyl (C=O) groups is 1. The molecule has 0 bridgehead atoms. The molecule has 0 aliphatic carbocycles. The lowest BCUT2D eigenvalue weighted by Gasteiger charge is -2.32. The molecule has 1 aliphatic heterocycles. The molecule has 1 atom stereocenters. The molecule has 1 saturated heterocycles. The number of urea groups is 1. The van der Waals surface area contributed by atoms with Crippen LogP contribution in [0.5, 0.6) is 0 Å². The third-order valence-electron chi connectivity index (χ3n) is 5.11. The zero-order valence-electron chi connectivity index (χ0n) is 15.0. The average Bonchev–Trinajstić information content (AvgIpc) is 3.09. The summed E-state index contributed by atoms with van der Waals surface area (Å²) in [4.78, 5) is 19.4. The second kappa shape index (κ2) is 7.46. The second-order valence-corrected chi connectivity index (χ2v) is 7.43. The van der Waals surface area contributed by atoms with Gasteiger partial charge in [-0.15, -0.1) is 0 Å². The number of nitrogens with two attached hydrogens (primary N) is 1. The fraction of sp³-hybridized carbons (Fsp3) is 0.250. The molecule has 138 valence electrons. The summed E-state index contributed by atoms with van der Waals surface area (Å²) in [5, 5.41) is 0.895. The number of anilines is 1. The van der Waals surface area contributed by atoms with Gasteiger partial charge < -0.3 is 10.6 Å². The number of carbonyl (C=O) groups excluding carboxylic acids is 1. The van der Waals surface area contributed by atoms with E-state index in [9.17, 15) is 4.79 Å². The van der Waals surface area contributed by atoms with Crippen LogP contribution in [0.1, 0.15) is 6.42 Å². The van der Waals surface area contributed by atoms with Gasteiger partial charge in [0.25, 0.3) is 0 Å². The van der Waals surface area contributed by atoms with Crippen molar-refractivity contribution >= 4 is 28.4 Å². The highest BCUT2D eigenvalue weighted by Crippen LogP contribution is 2.29. The minimum Gasteiger partial charge on any atom is -0.341 e. The van der Waals surface area contributed by atoms with E-state index in [2.05, 4.69) is 9.27 Å². The Morgan fingerprint density at radius 1 is 1.00 bits per heavy atom. The summed E-state index contributed by atoms with van der Waals surface area (Å²) < 4.78 is 4.70. The van der Waals surface area contributed by atoms with E-state index in [0.29, 0.717) is 19.6 Å². The largest absolute Gasteiger partial charge is 0.419 e. The van der Waals surface area contributed by atoms with Crippen molar-refractivity contribution in [3.8, 4) is 11.4 Å². The summed E-state index contributed by atoms with van der Waals surface area (Å²) in [5.41, 5.74) is 7.83. The van der Waals surface area contributed by atoms with Crippen LogP contribution in [0.15, 0.2) is 60.7 Å². The Balaban J connectivity index is 1.57. The molecule has 0 radical (unpaired) electrons. The van der Waals surface area contributed by atoms with Gasteiger partial charge in [0.1, 0.15) is 12.2 Å². The number of hydrogen-bond donors (Lipinski definition) is 1. The van der Waals surface area contributed by atoms with E-state index in [1.54, 1.807) is 0 Å². The first-order chi connectivity index (χ1) is 13.2. The van der Waals surface area contributed by atoms with Gasteiger partial charge in [0.15, 0.2) is 5.82 Å². The van der Waals surface area contributed by atoms with E-state index >= 15 is 0 Å². The predicted octanol–water partition coefficient (Wildman–Crippen LogP) is 3.50. The van der Waals surface area contributed by atoms with Crippen molar-refractivity contribution in [2.24, 2.45) is 5.73 Å². The topological polar surface area (TPSA) is 72.1 Å². The van der Waals surface area contributed by atoms with Crippen LogP contribution in [0, 0.1) is 0 Å². The van der Waals surface area contributed by atoms with E-state index in [4.69, 9.17) is 10.7 Å². The maximum atomic E-state index is 12.4. The molecule has 4 rings (SSSR count). The number of para-hydroxylation sites is 1. The molecule has 0 saturated carbocycles. The van der Waals surface area contributed by atoms with Gasteiger partial charge in [0.05, 0.1) is 13.1 Å². The fourth-order valence-electron chi connectivity index (χ4n) is 3.61. The van der Waals surface area contributed by atoms with Gasteiger partial charge in [-0.3, -0.25) is 0 Å². The summed E-state index contributed by atoms with van der Waals surface area (Å²) in [6, 6.07) is 19.5. The minimum atomic E-state index is -0.301. The van der Waals surface area contributed by atoms with Crippen molar-refractivity contribution in [3.05, 3.63) is 60.7 Å². The number of amides is 2. The van der Waals surface area contributed by atoms with Crippen molar-refractivity contribution in [2.75, 3.05) is 31.1 Å². The van der Waals surface area contributed by atoms with Crippen LogP contribution in [0.3, 0.4) is 0 Å². The number of primary amides is 1. The van der Waals surface area contributed by atoms with Crippen LogP contribution in [0.2, 0.25) is 0 Å². The summed E-state index contributed by atoms with van der Waals surface area (Å²) in [7, 11) is 0. The van der Waals surface area contributed by atoms with Crippen LogP contribution in [-0.4, -0.2) is 41.6 Å². The van der Waals surface area contributed by atoms with Gasteiger partial charge in [-0.1, -0.05) is 48.5 Å². The molecule has 2 heterocycles. The van der Waals surface area contributed by atoms with Crippen molar-refractivity contribution in [3.63, 3.8) is 0 Å². The molecular weight excluding hydrogens is 358 g/mol. The van der Waals surface area contributed by atoms with E-state index in [1.165, 1.54) is 11.5 Å². The number of nitrogens with zero attached hydrogens (tertiary/aromatic N) is 4. The summed E-state index contributed by atoms with van der Waals surface area (Å²) in [6.45, 7) is 2.87. The van der Waals surface area contributed by atoms with E-state index < -0.39 is 0 Å². The number of aromatic nitrogens is 2. The summed E-state index contributed by atoms with van der Waals surface area (Å²) >= 11 is 1.41. The van der Waals surface area contributed by atoms with Gasteiger partial charge >= 0.3 is 6.03 Å². The lowest BCUT2D eigenvalue weighted by Crippen LogP contribution is -2.58. The molecule has 1 fully saturated rings. The molecule has 7 heteroatoms. The monoisotopic (exact) mass is 380 g/mol. The smallest absolute Gasteiger partial charge is 0.341 e. The number of hydrogen-bond acceptors (Lipinski definition) is 5. The fourth-order valence-corrected chi connectivity index (χ4v) is 4.35. The lowest BCUT2D eigenvalue weighted by atomic mass is 10.2. The molecular formula is C20H22N5OS+. The Morgan fingerprint density at radius 3 is 2.41 bits per heavy atom. The van der Waals surface area contributed by atoms with Gasteiger partial charge in [0, 0.05) is 30.1 Å². The minimum absolute atomic E-state index is 0.182. The quantitative estimate of drug-likeness (QED) is 0.706. The van der Waals surface area contributed by atoms with Gasteiger partial charge in [0.2, 0.25) is 5.13 Å². The van der Waals surface area contributed by atoms with Crippen LogP contribution < -0.4 is 15.1 Å². The Kier molecular flexibility index (Phi) is 4.87. The van der Waals surface area contributed by atoms with Crippen molar-refractivity contribution in [2.45, 2.75) is 6.42 Å². The lowest BCUT2D eigenvalue weighted by molar-refractivity contribution is 0.211. The Hall–Kier alpha value is -2.77. The molecule has 27 heavy (non-hydrogen) atoms. The maximum absolute atomic E-state index is 12.4. The van der Waals surface area contributed by atoms with Crippen molar-refractivity contribution in [1.29, 1.82) is 0 Å². The third-order valence-corrected chi connectivity index (χ3v) is 5.89. The predicted molar refractivity (Wildman–Crippen MR) is 110 cm³/mol. The number of quaternary nitrogens is 1. The Bertz CT molecular complexity index is 914. The molecule has 2 N–H and O–H groups in total. The van der Waals surface area contributed by atoms with Crippen molar-refractivity contribution in [1.82, 2.24) is 13.8 Å². The average molecular weight is 380 g/mol. The molecule has 1 aromatic heterocycles. The first-order valence-corrected chi connectivity index (χ1v) is 9.83. The van der Waals surface area contributed by atoms with Gasteiger partial charge in [-0.2, -0.15) is 9.36 Å². The van der Waals surface area contributed by atoms with Gasteiger partial charge in [-0.25, -0.2) is 9.28 Å². The van der Waals surface area contributed by atoms with Gasteiger partial charge in [-0.05, 0) is 12.1 Å². The zero-order chi connectivity index (χ0) is 18.7. The van der Waals surface area contributed by atoms with Crippen molar-refractivity contribution < 1.29 is 4.79 Å². The summed E-state index contributed by atoms with van der Waals surface area (Å²) in [6.07, 6.45) is 0.859. The van der Waals surface area contributed by atoms with E-state index in [-0.39, 0.29) is 10.5 Å². The van der Waals surface area contributed by atoms with Crippen LogP contribution in [-0.2, 0) is 0 Å². The highest BCUT2D eigenvalue weighted by Gasteiger charge is 2.39.